The molecule has 0 aromatic carbocycles. The lowest BCUT2D eigenvalue weighted by Gasteiger charge is -2.44. The van der Waals surface area contributed by atoms with Crippen molar-refractivity contribution in [1.29, 1.82) is 0 Å². The normalized spacial score (nSPS) is 19.2. The molecule has 5 nitrogen and oxygen atoms in total. The average molecular weight is 466 g/mol. The number of pyridine rings is 2. The zero-order valence-electron chi connectivity index (χ0n) is 19.3. The van der Waals surface area contributed by atoms with Crippen molar-refractivity contribution in [3.8, 4) is 0 Å². The standard InChI is InChI=1S/C24H31F4N5/c1-4-19(5-2)33-13-17(14-33)16-10-21(30-20-12-18(6-8-29-20)23(3,25)26)31-22(11-16)32-9-7-24(27,28)15-32/h6,8,10-12,17,19H,4-5,7,9,13-15H2,1-3H3,(H,29,30,31). The summed E-state index contributed by atoms with van der Waals surface area (Å²) in [6, 6.07) is 6.88. The number of nitrogens with one attached hydrogen (secondary N) is 1. The van der Waals surface area contributed by atoms with Gasteiger partial charge in [0.2, 0.25) is 0 Å². The smallest absolute Gasteiger partial charge is 0.270 e. The molecule has 2 aliphatic heterocycles. The number of hydrogen-bond acceptors (Lipinski definition) is 5. The quantitative estimate of drug-likeness (QED) is 0.502. The van der Waals surface area contributed by atoms with E-state index in [9.17, 15) is 17.6 Å². The second-order valence-corrected chi connectivity index (χ2v) is 9.24. The Balaban J connectivity index is 1.60. The molecule has 0 spiro atoms. The highest BCUT2D eigenvalue weighted by Gasteiger charge is 2.39. The van der Waals surface area contributed by atoms with Gasteiger partial charge in [0.1, 0.15) is 17.5 Å². The molecule has 33 heavy (non-hydrogen) atoms. The van der Waals surface area contributed by atoms with Crippen molar-refractivity contribution >= 4 is 17.5 Å². The van der Waals surface area contributed by atoms with E-state index in [4.69, 9.17) is 0 Å². The summed E-state index contributed by atoms with van der Waals surface area (Å²) < 4.78 is 55.2. The average Bonchev–Trinajstić information content (AvgIpc) is 3.09. The predicted molar refractivity (Wildman–Crippen MR) is 122 cm³/mol. The van der Waals surface area contributed by atoms with Gasteiger partial charge in [0.25, 0.3) is 11.8 Å². The van der Waals surface area contributed by atoms with Crippen LogP contribution in [0.2, 0.25) is 0 Å². The first kappa shape index (κ1) is 23.7. The zero-order valence-corrected chi connectivity index (χ0v) is 19.3. The van der Waals surface area contributed by atoms with Gasteiger partial charge >= 0.3 is 0 Å². The van der Waals surface area contributed by atoms with E-state index in [1.54, 1.807) is 4.90 Å². The SMILES string of the molecule is CCC(CC)N1CC(c2cc(Nc3cc(C(C)(F)F)ccn3)nc(N3CCC(F)(F)C3)c2)C1. The van der Waals surface area contributed by atoms with E-state index < -0.39 is 11.8 Å². The van der Waals surface area contributed by atoms with Crippen molar-refractivity contribution in [2.75, 3.05) is 36.4 Å². The minimum atomic E-state index is -2.99. The van der Waals surface area contributed by atoms with Crippen molar-refractivity contribution < 1.29 is 17.6 Å². The van der Waals surface area contributed by atoms with Crippen molar-refractivity contribution in [3.05, 3.63) is 41.6 Å². The van der Waals surface area contributed by atoms with Gasteiger partial charge in [-0.1, -0.05) is 13.8 Å². The Hall–Kier alpha value is -2.42. The molecule has 0 aliphatic carbocycles. The molecule has 2 aromatic heterocycles. The van der Waals surface area contributed by atoms with E-state index in [1.165, 1.54) is 18.3 Å². The Morgan fingerprint density at radius 1 is 1.15 bits per heavy atom. The van der Waals surface area contributed by atoms with Gasteiger partial charge in [-0.25, -0.2) is 27.5 Å². The van der Waals surface area contributed by atoms with E-state index >= 15 is 0 Å². The highest BCUT2D eigenvalue weighted by molar-refractivity contribution is 5.59. The second kappa shape index (κ2) is 9.08. The van der Waals surface area contributed by atoms with Crippen LogP contribution in [0.4, 0.5) is 35.0 Å². The summed E-state index contributed by atoms with van der Waals surface area (Å²) in [5.41, 5.74) is 0.854. The Morgan fingerprint density at radius 3 is 2.48 bits per heavy atom. The molecule has 4 rings (SSSR count). The van der Waals surface area contributed by atoms with Crippen LogP contribution in [0.1, 0.15) is 57.1 Å². The van der Waals surface area contributed by atoms with Crippen LogP contribution < -0.4 is 10.2 Å². The molecule has 2 aromatic rings. The fourth-order valence-corrected chi connectivity index (χ4v) is 4.66. The van der Waals surface area contributed by atoms with Crippen LogP contribution in [0.5, 0.6) is 0 Å². The molecule has 0 atom stereocenters. The molecule has 1 N–H and O–H groups in total. The number of aromatic nitrogens is 2. The summed E-state index contributed by atoms with van der Waals surface area (Å²) in [5, 5.41) is 3.02. The molecule has 2 saturated heterocycles. The summed E-state index contributed by atoms with van der Waals surface area (Å²) in [6.45, 7) is 6.86. The lowest BCUT2D eigenvalue weighted by molar-refractivity contribution is 0.0174. The summed E-state index contributed by atoms with van der Waals surface area (Å²) in [4.78, 5) is 12.7. The maximum atomic E-state index is 13.9. The first-order valence-electron chi connectivity index (χ1n) is 11.6. The molecule has 0 bridgehead atoms. The number of likely N-dealkylation sites (tertiary alicyclic amines) is 1. The highest BCUT2D eigenvalue weighted by Crippen LogP contribution is 2.36. The summed E-state index contributed by atoms with van der Waals surface area (Å²) in [5.74, 6) is -4.32. The highest BCUT2D eigenvalue weighted by atomic mass is 19.3. The molecule has 4 heterocycles. The van der Waals surface area contributed by atoms with Crippen molar-refractivity contribution in [2.24, 2.45) is 0 Å². The largest absolute Gasteiger partial charge is 0.350 e. The maximum Gasteiger partial charge on any atom is 0.270 e. The molecular weight excluding hydrogens is 434 g/mol. The van der Waals surface area contributed by atoms with Crippen LogP contribution in [-0.2, 0) is 5.92 Å². The van der Waals surface area contributed by atoms with Crippen molar-refractivity contribution in [3.63, 3.8) is 0 Å². The fraction of sp³-hybridized carbons (Fsp3) is 0.583. The summed E-state index contributed by atoms with van der Waals surface area (Å²) in [7, 11) is 0. The van der Waals surface area contributed by atoms with Crippen LogP contribution in [0.3, 0.4) is 0 Å². The van der Waals surface area contributed by atoms with Crippen LogP contribution >= 0.6 is 0 Å². The Morgan fingerprint density at radius 2 is 1.88 bits per heavy atom. The Bertz CT molecular complexity index is 968. The first-order chi connectivity index (χ1) is 15.6. The first-order valence-corrected chi connectivity index (χ1v) is 11.6. The fourth-order valence-electron chi connectivity index (χ4n) is 4.66. The van der Waals surface area contributed by atoms with E-state index in [0.29, 0.717) is 17.7 Å². The number of nitrogens with zero attached hydrogens (tertiary/aromatic N) is 4. The van der Waals surface area contributed by atoms with E-state index in [0.717, 1.165) is 38.4 Å². The summed E-state index contributed by atoms with van der Waals surface area (Å²) in [6.07, 6.45) is 3.29. The molecule has 0 radical (unpaired) electrons. The number of anilines is 3. The zero-order chi connectivity index (χ0) is 23.8. The number of alkyl halides is 4. The molecule has 9 heteroatoms. The molecule has 0 amide bonds. The number of hydrogen-bond donors (Lipinski definition) is 1. The summed E-state index contributed by atoms with van der Waals surface area (Å²) >= 11 is 0. The third kappa shape index (κ3) is 5.39. The second-order valence-electron chi connectivity index (χ2n) is 9.24. The van der Waals surface area contributed by atoms with Crippen LogP contribution in [-0.4, -0.2) is 53.0 Å². The topological polar surface area (TPSA) is 44.3 Å². The van der Waals surface area contributed by atoms with Gasteiger partial charge in [-0.15, -0.1) is 0 Å². The lowest BCUT2D eigenvalue weighted by atomic mass is 9.89. The van der Waals surface area contributed by atoms with Gasteiger partial charge in [0.15, 0.2) is 0 Å². The molecule has 2 aliphatic rings. The molecular formula is C24H31F4N5. The van der Waals surface area contributed by atoms with Gasteiger partial charge in [0.05, 0.1) is 6.54 Å². The lowest BCUT2D eigenvalue weighted by Crippen LogP contribution is -2.50. The number of halogens is 4. The third-order valence-electron chi connectivity index (χ3n) is 6.69. The van der Waals surface area contributed by atoms with E-state index in [1.807, 2.05) is 12.1 Å². The molecule has 2 fully saturated rings. The van der Waals surface area contributed by atoms with Crippen molar-refractivity contribution in [1.82, 2.24) is 14.9 Å². The van der Waals surface area contributed by atoms with Gasteiger partial charge in [-0.05, 0) is 42.7 Å². The van der Waals surface area contributed by atoms with Gasteiger partial charge < -0.3 is 10.2 Å². The maximum absolute atomic E-state index is 13.9. The van der Waals surface area contributed by atoms with Crippen molar-refractivity contribution in [2.45, 2.75) is 63.8 Å². The minimum absolute atomic E-state index is 0.157. The van der Waals surface area contributed by atoms with Crippen LogP contribution in [0.25, 0.3) is 0 Å². The van der Waals surface area contributed by atoms with Gasteiger partial charge in [-0.3, -0.25) is 4.90 Å². The molecule has 0 saturated carbocycles. The minimum Gasteiger partial charge on any atom is -0.350 e. The van der Waals surface area contributed by atoms with Gasteiger partial charge in [0, 0.05) is 56.7 Å². The third-order valence-corrected chi connectivity index (χ3v) is 6.69. The van der Waals surface area contributed by atoms with E-state index in [-0.39, 0.29) is 36.8 Å². The van der Waals surface area contributed by atoms with Gasteiger partial charge in [-0.2, -0.15) is 0 Å². The monoisotopic (exact) mass is 465 g/mol. The Labute approximate surface area is 192 Å². The predicted octanol–water partition coefficient (Wildman–Crippen LogP) is 5.77. The molecule has 180 valence electrons. The van der Waals surface area contributed by atoms with Crippen LogP contribution in [0.15, 0.2) is 30.5 Å². The number of rotatable bonds is 8. The molecule has 0 unspecified atom stereocenters. The Kier molecular flexibility index (Phi) is 6.53. The van der Waals surface area contributed by atoms with E-state index in [2.05, 4.69) is 34.0 Å². The van der Waals surface area contributed by atoms with Crippen LogP contribution in [0, 0.1) is 0 Å².